The molecule has 4 bridgehead atoms. The van der Waals surface area contributed by atoms with Crippen LogP contribution in [0.3, 0.4) is 0 Å². The number of amides is 2. The highest BCUT2D eigenvalue weighted by Gasteiger charge is 2.51. The Morgan fingerprint density at radius 1 is 1.11 bits per heavy atom. The van der Waals surface area contributed by atoms with Crippen LogP contribution in [-0.4, -0.2) is 23.5 Å². The summed E-state index contributed by atoms with van der Waals surface area (Å²) in [6.45, 7) is 1.87. The molecule has 4 fully saturated rings. The molecule has 1 aromatic carbocycles. The van der Waals surface area contributed by atoms with Crippen molar-refractivity contribution in [3.8, 4) is 5.75 Å². The zero-order chi connectivity index (χ0) is 19.0. The van der Waals surface area contributed by atoms with Crippen molar-refractivity contribution in [3.05, 3.63) is 29.8 Å². The lowest BCUT2D eigenvalue weighted by molar-refractivity contribution is -0.132. The van der Waals surface area contributed by atoms with Gasteiger partial charge < -0.3 is 15.7 Å². The third-order valence-electron chi connectivity index (χ3n) is 6.89. The number of nitrogens with one attached hydrogen (secondary N) is 2. The molecule has 0 radical (unpaired) electrons. The van der Waals surface area contributed by atoms with Crippen LogP contribution in [0.1, 0.15) is 63.5 Å². The summed E-state index contributed by atoms with van der Waals surface area (Å²) in [6, 6.07) is 6.63. The van der Waals surface area contributed by atoms with Crippen LogP contribution >= 0.6 is 0 Å². The fourth-order valence-corrected chi connectivity index (χ4v) is 6.26. The number of benzene rings is 1. The second-order valence-corrected chi connectivity index (χ2v) is 9.26. The Labute approximate surface area is 160 Å². The van der Waals surface area contributed by atoms with E-state index >= 15 is 0 Å². The molecule has 0 spiro atoms. The van der Waals surface area contributed by atoms with Gasteiger partial charge in [0, 0.05) is 6.42 Å². The minimum absolute atomic E-state index is 0.00829. The second kappa shape index (κ2) is 7.17. The van der Waals surface area contributed by atoms with E-state index in [1.807, 2.05) is 13.0 Å². The topological polar surface area (TPSA) is 78.4 Å². The molecule has 4 saturated carbocycles. The number of carbonyl (C=O) groups is 2. The molecule has 4 aliphatic carbocycles. The third-order valence-corrected chi connectivity index (χ3v) is 6.89. The van der Waals surface area contributed by atoms with Gasteiger partial charge in [-0.15, -0.1) is 0 Å². The van der Waals surface area contributed by atoms with Crippen LogP contribution in [0.15, 0.2) is 24.3 Å². The van der Waals surface area contributed by atoms with Gasteiger partial charge in [0.15, 0.2) is 0 Å². The maximum Gasteiger partial charge on any atom is 0.239 e. The fourth-order valence-electron chi connectivity index (χ4n) is 6.26. The van der Waals surface area contributed by atoms with Crippen LogP contribution in [0.25, 0.3) is 0 Å². The highest BCUT2D eigenvalue weighted by molar-refractivity contribution is 5.85. The minimum atomic E-state index is -0.218. The first-order valence-corrected chi connectivity index (χ1v) is 10.3. The van der Waals surface area contributed by atoms with Crippen molar-refractivity contribution < 1.29 is 14.7 Å². The average molecular weight is 370 g/mol. The molecule has 5 heteroatoms. The highest BCUT2D eigenvalue weighted by atomic mass is 16.3. The largest absolute Gasteiger partial charge is 0.508 e. The molecule has 0 aromatic heterocycles. The van der Waals surface area contributed by atoms with Crippen molar-refractivity contribution in [2.24, 2.45) is 23.2 Å². The molecule has 0 aliphatic heterocycles. The van der Waals surface area contributed by atoms with Crippen LogP contribution in [-0.2, 0) is 9.59 Å². The molecule has 0 heterocycles. The van der Waals surface area contributed by atoms with Gasteiger partial charge in [-0.2, -0.15) is 0 Å². The number of phenols is 1. The summed E-state index contributed by atoms with van der Waals surface area (Å²) in [5, 5.41) is 15.2. The Bertz CT molecular complexity index is 695. The molecule has 27 heavy (non-hydrogen) atoms. The maximum absolute atomic E-state index is 12.5. The lowest BCUT2D eigenvalue weighted by atomic mass is 9.49. The Morgan fingerprint density at radius 2 is 1.74 bits per heavy atom. The van der Waals surface area contributed by atoms with E-state index in [1.165, 1.54) is 38.5 Å². The van der Waals surface area contributed by atoms with Crippen molar-refractivity contribution in [1.82, 2.24) is 10.6 Å². The Kier molecular flexibility index (Phi) is 4.87. The van der Waals surface area contributed by atoms with E-state index in [9.17, 15) is 14.7 Å². The molecule has 2 amide bonds. The lowest BCUT2D eigenvalue weighted by Crippen LogP contribution is -2.48. The summed E-state index contributed by atoms with van der Waals surface area (Å²) in [6.07, 6.45) is 8.29. The third kappa shape index (κ3) is 4.12. The summed E-state index contributed by atoms with van der Waals surface area (Å²) >= 11 is 0. The van der Waals surface area contributed by atoms with Crippen LogP contribution in [0.2, 0.25) is 0 Å². The first-order chi connectivity index (χ1) is 12.9. The lowest BCUT2D eigenvalue weighted by Gasteiger charge is -2.56. The number of hydrogen-bond donors (Lipinski definition) is 3. The van der Waals surface area contributed by atoms with E-state index in [0.29, 0.717) is 6.42 Å². The van der Waals surface area contributed by atoms with Crippen LogP contribution < -0.4 is 10.6 Å². The molecule has 1 unspecified atom stereocenters. The number of rotatable bonds is 6. The van der Waals surface area contributed by atoms with Gasteiger partial charge in [-0.25, -0.2) is 0 Å². The van der Waals surface area contributed by atoms with E-state index in [2.05, 4.69) is 10.6 Å². The number of hydrogen-bond acceptors (Lipinski definition) is 3. The molecule has 0 saturated heterocycles. The van der Waals surface area contributed by atoms with Crippen molar-refractivity contribution in [1.29, 1.82) is 0 Å². The van der Waals surface area contributed by atoms with Gasteiger partial charge in [-0.3, -0.25) is 9.59 Å². The summed E-state index contributed by atoms with van der Waals surface area (Å²) in [7, 11) is 0. The van der Waals surface area contributed by atoms with E-state index < -0.39 is 0 Å². The fraction of sp³-hybridized carbons (Fsp3) is 0.636. The zero-order valence-electron chi connectivity index (χ0n) is 16.0. The summed E-state index contributed by atoms with van der Waals surface area (Å²) < 4.78 is 0. The average Bonchev–Trinajstić information content (AvgIpc) is 2.58. The first-order valence-electron chi connectivity index (χ1n) is 10.3. The van der Waals surface area contributed by atoms with Gasteiger partial charge >= 0.3 is 0 Å². The molecule has 4 aliphatic rings. The Balaban J connectivity index is 1.25. The predicted octanol–water partition coefficient (Wildman–Crippen LogP) is 3.29. The van der Waals surface area contributed by atoms with Crippen molar-refractivity contribution in [3.63, 3.8) is 0 Å². The van der Waals surface area contributed by atoms with Crippen molar-refractivity contribution in [2.75, 3.05) is 6.54 Å². The van der Waals surface area contributed by atoms with Crippen molar-refractivity contribution >= 4 is 11.8 Å². The van der Waals surface area contributed by atoms with Crippen molar-refractivity contribution in [2.45, 2.75) is 57.9 Å². The minimum Gasteiger partial charge on any atom is -0.508 e. The normalized spacial score (nSPS) is 32.1. The van der Waals surface area contributed by atoms with Gasteiger partial charge in [-0.05, 0) is 86.3 Å². The number of aromatic hydroxyl groups is 1. The monoisotopic (exact) mass is 370 g/mol. The smallest absolute Gasteiger partial charge is 0.239 e. The predicted molar refractivity (Wildman–Crippen MR) is 103 cm³/mol. The summed E-state index contributed by atoms with van der Waals surface area (Å²) in [5.74, 6) is 2.47. The van der Waals surface area contributed by atoms with E-state index in [4.69, 9.17) is 0 Å². The molecule has 1 aromatic rings. The standard InChI is InChI=1S/C22H30N2O3/c1-14(18-3-2-4-19(25)8-18)24-21(27)13-23-20(26)12-22-9-15-5-16(10-22)7-17(6-15)11-22/h2-4,8,14-17,25H,5-7,9-13H2,1H3,(H,23,26)(H,24,27). The molecular weight excluding hydrogens is 340 g/mol. The molecule has 1 atom stereocenters. The molecule has 5 nitrogen and oxygen atoms in total. The van der Waals surface area contributed by atoms with E-state index in [0.717, 1.165) is 23.3 Å². The van der Waals surface area contributed by atoms with Crippen LogP contribution in [0.4, 0.5) is 0 Å². The molecule has 146 valence electrons. The quantitative estimate of drug-likeness (QED) is 0.719. The Hall–Kier alpha value is -2.04. The molecule has 5 rings (SSSR count). The van der Waals surface area contributed by atoms with Gasteiger partial charge in [0.2, 0.25) is 11.8 Å². The first kappa shape index (κ1) is 18.3. The highest BCUT2D eigenvalue weighted by Crippen LogP contribution is 2.61. The van der Waals surface area contributed by atoms with Crippen LogP contribution in [0.5, 0.6) is 5.75 Å². The summed E-state index contributed by atoms with van der Waals surface area (Å²) in [4.78, 5) is 24.7. The second-order valence-electron chi connectivity index (χ2n) is 9.26. The molecule has 3 N–H and O–H groups in total. The van der Waals surface area contributed by atoms with Crippen LogP contribution in [0, 0.1) is 23.2 Å². The Morgan fingerprint density at radius 3 is 2.33 bits per heavy atom. The molecular formula is C22H30N2O3. The zero-order valence-corrected chi connectivity index (χ0v) is 16.0. The van der Waals surface area contributed by atoms with Gasteiger partial charge in [0.1, 0.15) is 5.75 Å². The maximum atomic E-state index is 12.5. The van der Waals surface area contributed by atoms with Gasteiger partial charge in [0.05, 0.1) is 12.6 Å². The number of carbonyl (C=O) groups excluding carboxylic acids is 2. The SMILES string of the molecule is CC(NC(=O)CNC(=O)CC12CC3CC(CC(C3)C1)C2)c1cccc(O)c1. The van der Waals surface area contributed by atoms with E-state index in [-0.39, 0.29) is 35.6 Å². The van der Waals surface area contributed by atoms with E-state index in [1.54, 1.807) is 18.2 Å². The van der Waals surface area contributed by atoms with Gasteiger partial charge in [-0.1, -0.05) is 12.1 Å². The number of phenolic OH excluding ortho intramolecular Hbond substituents is 1. The summed E-state index contributed by atoms with van der Waals surface area (Å²) in [5.41, 5.74) is 1.03. The van der Waals surface area contributed by atoms with Gasteiger partial charge in [0.25, 0.3) is 0 Å².